The van der Waals surface area contributed by atoms with Crippen LogP contribution in [0.15, 0.2) is 101 Å². The van der Waals surface area contributed by atoms with Crippen molar-refractivity contribution in [2.24, 2.45) is 0 Å². The van der Waals surface area contributed by atoms with Crippen molar-refractivity contribution < 1.29 is 4.42 Å². The number of hydrogen-bond acceptors (Lipinski definition) is 1. The van der Waals surface area contributed by atoms with Crippen molar-refractivity contribution >= 4 is 44.5 Å². The number of fused-ring (bicyclic) bond motifs is 6. The van der Waals surface area contributed by atoms with Crippen LogP contribution in [-0.4, -0.2) is 4.57 Å². The lowest BCUT2D eigenvalue weighted by Gasteiger charge is -2.17. The molecule has 4 aromatic carbocycles. The van der Waals surface area contributed by atoms with Gasteiger partial charge in [-0.15, -0.1) is 0 Å². The molecule has 0 aliphatic heterocycles. The molecule has 1 aliphatic rings. The van der Waals surface area contributed by atoms with Crippen molar-refractivity contribution in [1.29, 1.82) is 0 Å². The Balaban J connectivity index is 1.49. The fourth-order valence-electron chi connectivity index (χ4n) is 5.25. The van der Waals surface area contributed by atoms with Crippen molar-refractivity contribution in [3.63, 3.8) is 0 Å². The third-order valence-corrected chi connectivity index (χ3v) is 6.73. The highest BCUT2D eigenvalue weighted by molar-refractivity contribution is 6.06. The topological polar surface area (TPSA) is 18.1 Å². The first-order valence-corrected chi connectivity index (χ1v) is 11.2. The van der Waals surface area contributed by atoms with E-state index in [1.807, 2.05) is 12.1 Å². The van der Waals surface area contributed by atoms with Gasteiger partial charge in [-0.05, 0) is 60.4 Å². The number of furan rings is 1. The molecule has 0 N–H and O–H groups in total. The maximum absolute atomic E-state index is 6.07. The van der Waals surface area contributed by atoms with Gasteiger partial charge in [0.05, 0.1) is 5.52 Å². The van der Waals surface area contributed by atoms with Gasteiger partial charge in [0.1, 0.15) is 11.2 Å². The molecule has 2 aromatic heterocycles. The van der Waals surface area contributed by atoms with Crippen LogP contribution in [0, 0.1) is 0 Å². The van der Waals surface area contributed by atoms with Gasteiger partial charge in [0, 0.05) is 33.1 Å². The Morgan fingerprint density at radius 1 is 0.625 bits per heavy atom. The van der Waals surface area contributed by atoms with Gasteiger partial charge >= 0.3 is 0 Å². The van der Waals surface area contributed by atoms with Crippen molar-refractivity contribution in [2.45, 2.75) is 12.8 Å². The van der Waals surface area contributed by atoms with Gasteiger partial charge < -0.3 is 8.98 Å². The Hall–Kier alpha value is -4.04. The number of rotatable bonds is 2. The third kappa shape index (κ3) is 2.53. The number of benzene rings is 4. The highest BCUT2D eigenvalue weighted by Gasteiger charge is 2.22. The molecule has 0 bridgehead atoms. The molecular formula is C30H21NO. The quantitative estimate of drug-likeness (QED) is 0.282. The summed E-state index contributed by atoms with van der Waals surface area (Å²) in [4.78, 5) is 0. The molecule has 0 unspecified atom stereocenters. The van der Waals surface area contributed by atoms with Crippen LogP contribution >= 0.6 is 0 Å². The summed E-state index contributed by atoms with van der Waals surface area (Å²) >= 11 is 0. The first-order chi connectivity index (χ1) is 15.9. The summed E-state index contributed by atoms with van der Waals surface area (Å²) in [6, 6.07) is 34.4. The molecule has 32 heavy (non-hydrogen) atoms. The van der Waals surface area contributed by atoms with Crippen molar-refractivity contribution in [1.82, 2.24) is 4.57 Å². The molecule has 0 amide bonds. The van der Waals surface area contributed by atoms with Crippen molar-refractivity contribution in [3.05, 3.63) is 114 Å². The lowest BCUT2D eigenvalue weighted by molar-refractivity contribution is 0.669. The van der Waals surface area contributed by atoms with E-state index >= 15 is 0 Å². The zero-order valence-electron chi connectivity index (χ0n) is 17.6. The number of hydrogen-bond donors (Lipinski definition) is 0. The zero-order valence-corrected chi connectivity index (χ0v) is 17.6. The largest absolute Gasteiger partial charge is 0.456 e. The molecule has 152 valence electrons. The monoisotopic (exact) mass is 411 g/mol. The van der Waals surface area contributed by atoms with Crippen LogP contribution in [0.2, 0.25) is 0 Å². The molecule has 2 nitrogen and oxygen atoms in total. The first kappa shape index (κ1) is 17.6. The van der Waals surface area contributed by atoms with E-state index in [-0.39, 0.29) is 0 Å². The molecular weight excluding hydrogens is 390 g/mol. The fourth-order valence-corrected chi connectivity index (χ4v) is 5.25. The average molecular weight is 412 g/mol. The van der Waals surface area contributed by atoms with Gasteiger partial charge in [-0.3, -0.25) is 0 Å². The molecule has 2 heterocycles. The number of aromatic nitrogens is 1. The van der Waals surface area contributed by atoms with Gasteiger partial charge in [0.25, 0.3) is 0 Å². The minimum atomic E-state index is 0.937. The summed E-state index contributed by atoms with van der Waals surface area (Å²) in [5.74, 6) is 0. The fraction of sp³-hybridized carbons (Fsp3) is 0.0667. The summed E-state index contributed by atoms with van der Waals surface area (Å²) in [7, 11) is 0. The Morgan fingerprint density at radius 2 is 1.38 bits per heavy atom. The van der Waals surface area contributed by atoms with E-state index in [0.29, 0.717) is 0 Å². The lowest BCUT2D eigenvalue weighted by atomic mass is 9.91. The SMILES string of the molecule is C1=C(c2ccccc2)CCc2c1c1ccccc1n2-c1ccc2oc3ccccc3c2c1. The average Bonchev–Trinajstić information content (AvgIpc) is 3.39. The molecule has 0 fully saturated rings. The minimum Gasteiger partial charge on any atom is -0.456 e. The van der Waals surface area contributed by atoms with E-state index in [1.54, 1.807) is 0 Å². The van der Waals surface area contributed by atoms with Crippen LogP contribution in [0.5, 0.6) is 0 Å². The van der Waals surface area contributed by atoms with E-state index in [9.17, 15) is 0 Å². The summed E-state index contributed by atoms with van der Waals surface area (Å²) in [6.45, 7) is 0. The second-order valence-corrected chi connectivity index (χ2v) is 8.53. The van der Waals surface area contributed by atoms with Crippen LogP contribution in [0.3, 0.4) is 0 Å². The van der Waals surface area contributed by atoms with Gasteiger partial charge in [0.15, 0.2) is 0 Å². The van der Waals surface area contributed by atoms with E-state index in [1.165, 1.54) is 49.8 Å². The highest BCUT2D eigenvalue weighted by Crippen LogP contribution is 2.39. The van der Waals surface area contributed by atoms with E-state index in [0.717, 1.165) is 24.0 Å². The van der Waals surface area contributed by atoms with Crippen molar-refractivity contribution in [3.8, 4) is 5.69 Å². The minimum absolute atomic E-state index is 0.937. The van der Waals surface area contributed by atoms with Crippen LogP contribution in [0.1, 0.15) is 23.2 Å². The van der Waals surface area contributed by atoms with Crippen LogP contribution in [0.4, 0.5) is 0 Å². The normalized spacial score (nSPS) is 13.6. The van der Waals surface area contributed by atoms with Gasteiger partial charge in [-0.25, -0.2) is 0 Å². The van der Waals surface area contributed by atoms with E-state index in [2.05, 4.69) is 95.6 Å². The second kappa shape index (κ2) is 6.73. The van der Waals surface area contributed by atoms with Gasteiger partial charge in [-0.2, -0.15) is 0 Å². The van der Waals surface area contributed by atoms with Crippen LogP contribution in [-0.2, 0) is 6.42 Å². The van der Waals surface area contributed by atoms with E-state index < -0.39 is 0 Å². The molecule has 0 spiro atoms. The number of nitrogens with zero attached hydrogens (tertiary/aromatic N) is 1. The van der Waals surface area contributed by atoms with Gasteiger partial charge in [-0.1, -0.05) is 66.7 Å². The van der Waals surface area contributed by atoms with Gasteiger partial charge in [0.2, 0.25) is 0 Å². The smallest absolute Gasteiger partial charge is 0.135 e. The lowest BCUT2D eigenvalue weighted by Crippen LogP contribution is -2.05. The zero-order chi connectivity index (χ0) is 21.1. The second-order valence-electron chi connectivity index (χ2n) is 8.53. The molecule has 0 saturated heterocycles. The number of allylic oxidation sites excluding steroid dienone is 1. The predicted molar refractivity (Wildman–Crippen MR) is 133 cm³/mol. The summed E-state index contributed by atoms with van der Waals surface area (Å²) in [5.41, 5.74) is 9.80. The summed E-state index contributed by atoms with van der Waals surface area (Å²) in [6.07, 6.45) is 4.47. The predicted octanol–water partition coefficient (Wildman–Crippen LogP) is 8.02. The third-order valence-electron chi connectivity index (χ3n) is 6.73. The summed E-state index contributed by atoms with van der Waals surface area (Å²) in [5, 5.41) is 3.65. The van der Waals surface area contributed by atoms with Crippen molar-refractivity contribution in [2.75, 3.05) is 0 Å². The standard InChI is InChI=1S/C30H21NO/c1-2-8-20(9-3-1)21-14-16-28-25(18-21)23-10-4-6-12-27(23)31(28)22-15-17-30-26(19-22)24-11-5-7-13-29(24)32-30/h1-13,15,17-19H,14,16H2. The molecule has 2 heteroatoms. The Labute approximate surface area is 186 Å². The van der Waals surface area contributed by atoms with Crippen LogP contribution in [0.25, 0.3) is 50.2 Å². The van der Waals surface area contributed by atoms with E-state index in [4.69, 9.17) is 4.42 Å². The Morgan fingerprint density at radius 3 is 2.28 bits per heavy atom. The molecule has 6 aromatic rings. The maximum Gasteiger partial charge on any atom is 0.135 e. The van der Waals surface area contributed by atoms with Crippen LogP contribution < -0.4 is 0 Å². The summed E-state index contributed by atoms with van der Waals surface area (Å²) < 4.78 is 8.52. The first-order valence-electron chi connectivity index (χ1n) is 11.2. The Bertz CT molecular complexity index is 1660. The molecule has 0 saturated carbocycles. The molecule has 0 atom stereocenters. The molecule has 1 aliphatic carbocycles. The number of para-hydroxylation sites is 2. The Kier molecular flexibility index (Phi) is 3.71. The molecule has 7 rings (SSSR count). The maximum atomic E-state index is 6.07. The highest BCUT2D eigenvalue weighted by atomic mass is 16.3. The molecule has 0 radical (unpaired) electrons.